The first-order valence-electron chi connectivity index (χ1n) is 8.44. The highest BCUT2D eigenvalue weighted by atomic mass is 32.2. The number of thioether (sulfide) groups is 1. The van der Waals surface area contributed by atoms with Crippen LogP contribution in [0.25, 0.3) is 10.8 Å². The summed E-state index contributed by atoms with van der Waals surface area (Å²) in [5, 5.41) is 3.97. The van der Waals surface area contributed by atoms with Crippen molar-refractivity contribution in [2.24, 2.45) is 5.92 Å². The van der Waals surface area contributed by atoms with E-state index in [1.54, 1.807) is 0 Å². The van der Waals surface area contributed by atoms with Crippen molar-refractivity contribution in [3.05, 3.63) is 48.0 Å². The number of hydrogen-bond acceptors (Lipinski definition) is 2. The summed E-state index contributed by atoms with van der Waals surface area (Å²) < 4.78 is 0. The molecule has 22 heavy (non-hydrogen) atoms. The van der Waals surface area contributed by atoms with Crippen molar-refractivity contribution in [2.75, 3.05) is 0 Å². The number of benzene rings is 2. The molecule has 1 nitrogen and oxygen atoms in total. The molecule has 0 spiro atoms. The van der Waals surface area contributed by atoms with Crippen LogP contribution in [0.2, 0.25) is 0 Å². The van der Waals surface area contributed by atoms with Gasteiger partial charge >= 0.3 is 0 Å². The Kier molecular flexibility index (Phi) is 3.96. The predicted molar refractivity (Wildman–Crippen MR) is 94.4 cm³/mol. The summed E-state index contributed by atoms with van der Waals surface area (Å²) in [6.07, 6.45) is 6.84. The third-order valence-corrected chi connectivity index (χ3v) is 6.86. The lowest BCUT2D eigenvalue weighted by atomic mass is 9.84. The molecular weight excluding hydrogens is 288 g/mol. The fourth-order valence-electron chi connectivity index (χ4n) is 4.10. The smallest absolute Gasteiger partial charge is 0.140 e. The van der Waals surface area contributed by atoms with Crippen LogP contribution in [0.15, 0.2) is 42.5 Å². The second-order valence-corrected chi connectivity index (χ2v) is 8.37. The Balaban J connectivity index is 1.54. The van der Waals surface area contributed by atoms with Crippen LogP contribution in [0.4, 0.5) is 0 Å². The van der Waals surface area contributed by atoms with Gasteiger partial charge in [-0.1, -0.05) is 48.9 Å². The molecule has 0 N–H and O–H groups in total. The monoisotopic (exact) mass is 310 g/mol. The molecule has 114 valence electrons. The Hall–Kier alpha value is -1.28. The van der Waals surface area contributed by atoms with Crippen LogP contribution in [0.3, 0.4) is 0 Å². The summed E-state index contributed by atoms with van der Waals surface area (Å²) >= 11 is 2.15. The van der Waals surface area contributed by atoms with Gasteiger partial charge in [0, 0.05) is 22.8 Å². The molecule has 2 aliphatic rings. The molecule has 0 saturated carbocycles. The van der Waals surface area contributed by atoms with Crippen LogP contribution in [0, 0.1) is 5.92 Å². The summed E-state index contributed by atoms with van der Waals surface area (Å²) in [5.74, 6) is 0.768. The molecule has 2 heteroatoms. The number of fused-ring (bicyclic) bond motifs is 3. The number of hydrogen-bond donors (Lipinski definition) is 0. The number of carbonyl (C=O) groups is 1. The first kappa shape index (κ1) is 14.3. The maximum atomic E-state index is 12.8. The fraction of sp³-hybridized carbons (Fsp3) is 0.450. The molecule has 2 unspecified atom stereocenters. The molecule has 0 aromatic heterocycles. The minimum Gasteiger partial charge on any atom is -0.299 e. The third-order valence-electron chi connectivity index (χ3n) is 5.23. The van der Waals surface area contributed by atoms with Crippen LogP contribution in [-0.4, -0.2) is 16.3 Å². The van der Waals surface area contributed by atoms with Gasteiger partial charge in [0.05, 0.1) is 0 Å². The van der Waals surface area contributed by atoms with Crippen LogP contribution < -0.4 is 0 Å². The van der Waals surface area contributed by atoms with Crippen molar-refractivity contribution in [2.45, 2.75) is 49.0 Å². The van der Waals surface area contributed by atoms with Crippen LogP contribution >= 0.6 is 11.8 Å². The topological polar surface area (TPSA) is 17.1 Å². The lowest BCUT2D eigenvalue weighted by Gasteiger charge is -2.38. The predicted octanol–water partition coefficient (Wildman–Crippen LogP) is 5.02. The fourth-order valence-corrected chi connectivity index (χ4v) is 5.94. The minimum atomic E-state index is 0.301. The molecule has 0 radical (unpaired) electrons. The Bertz CT molecular complexity index is 676. The van der Waals surface area contributed by atoms with E-state index in [-0.39, 0.29) is 0 Å². The average molecular weight is 310 g/mol. The van der Waals surface area contributed by atoms with E-state index in [1.807, 2.05) is 0 Å². The minimum absolute atomic E-state index is 0.301. The molecular formula is C20H22OS. The lowest BCUT2D eigenvalue weighted by molar-refractivity contribution is -0.122. The van der Waals surface area contributed by atoms with Crippen molar-refractivity contribution in [3.8, 4) is 0 Å². The largest absolute Gasteiger partial charge is 0.299 e. The van der Waals surface area contributed by atoms with Gasteiger partial charge in [-0.3, -0.25) is 4.79 Å². The van der Waals surface area contributed by atoms with E-state index in [0.29, 0.717) is 18.1 Å². The molecule has 2 heterocycles. The second-order valence-electron chi connectivity index (χ2n) is 6.76. The maximum Gasteiger partial charge on any atom is 0.140 e. The van der Waals surface area contributed by atoms with Crippen molar-refractivity contribution in [1.82, 2.24) is 0 Å². The Labute approximate surface area is 136 Å². The van der Waals surface area contributed by atoms with E-state index < -0.39 is 0 Å². The first-order chi connectivity index (χ1) is 10.8. The van der Waals surface area contributed by atoms with Gasteiger partial charge < -0.3 is 0 Å². The number of carbonyl (C=O) groups excluding carboxylic acids is 1. The quantitative estimate of drug-likeness (QED) is 0.792. The molecule has 2 aliphatic heterocycles. The number of Topliss-reactive ketones (excluding diaryl/α,β-unsaturated/α-hetero) is 1. The molecule has 2 fully saturated rings. The summed E-state index contributed by atoms with van der Waals surface area (Å²) in [4.78, 5) is 12.8. The SMILES string of the molecule is O=C(Cc1cccc2ccccc12)C1CC2CCCC(C1)S2. The highest BCUT2D eigenvalue weighted by molar-refractivity contribution is 8.00. The molecule has 0 amide bonds. The van der Waals surface area contributed by atoms with E-state index >= 15 is 0 Å². The average Bonchev–Trinajstić information content (AvgIpc) is 2.55. The van der Waals surface area contributed by atoms with Crippen molar-refractivity contribution < 1.29 is 4.79 Å². The van der Waals surface area contributed by atoms with Gasteiger partial charge in [-0.05, 0) is 42.0 Å². The Morgan fingerprint density at radius 1 is 1.00 bits per heavy atom. The highest BCUT2D eigenvalue weighted by Crippen LogP contribution is 2.44. The van der Waals surface area contributed by atoms with Gasteiger partial charge in [-0.15, -0.1) is 0 Å². The standard InChI is InChI=1S/C20H22OS/c21-20(16-11-17-8-4-9-18(12-16)22-17)13-15-7-3-6-14-5-1-2-10-19(14)15/h1-3,5-7,10,16-18H,4,8-9,11-13H2. The van der Waals surface area contributed by atoms with Crippen molar-refractivity contribution in [1.29, 1.82) is 0 Å². The molecule has 2 atom stereocenters. The van der Waals surface area contributed by atoms with Gasteiger partial charge in [0.25, 0.3) is 0 Å². The van der Waals surface area contributed by atoms with E-state index in [1.165, 1.54) is 35.6 Å². The van der Waals surface area contributed by atoms with Crippen LogP contribution in [-0.2, 0) is 11.2 Å². The van der Waals surface area contributed by atoms with Crippen LogP contribution in [0.5, 0.6) is 0 Å². The summed E-state index contributed by atoms with van der Waals surface area (Å²) in [7, 11) is 0. The molecule has 0 aliphatic carbocycles. The zero-order chi connectivity index (χ0) is 14.9. The molecule has 4 rings (SSSR count). The zero-order valence-electron chi connectivity index (χ0n) is 12.8. The molecule has 2 saturated heterocycles. The van der Waals surface area contributed by atoms with Gasteiger partial charge in [0.15, 0.2) is 0 Å². The maximum absolute atomic E-state index is 12.8. The van der Waals surface area contributed by atoms with Crippen LogP contribution in [0.1, 0.15) is 37.7 Å². The van der Waals surface area contributed by atoms with E-state index in [9.17, 15) is 4.79 Å². The van der Waals surface area contributed by atoms with Gasteiger partial charge in [0.2, 0.25) is 0 Å². The summed E-state index contributed by atoms with van der Waals surface area (Å²) in [6.45, 7) is 0. The summed E-state index contributed by atoms with van der Waals surface area (Å²) in [6, 6.07) is 14.7. The van der Waals surface area contributed by atoms with Gasteiger partial charge in [-0.25, -0.2) is 0 Å². The zero-order valence-corrected chi connectivity index (χ0v) is 13.6. The van der Waals surface area contributed by atoms with E-state index in [2.05, 4.69) is 54.2 Å². The number of ketones is 1. The number of rotatable bonds is 3. The molecule has 2 aromatic rings. The van der Waals surface area contributed by atoms with Gasteiger partial charge in [0.1, 0.15) is 5.78 Å². The Morgan fingerprint density at radius 2 is 1.73 bits per heavy atom. The highest BCUT2D eigenvalue weighted by Gasteiger charge is 2.35. The third kappa shape index (κ3) is 2.81. The second kappa shape index (κ2) is 6.08. The molecule has 2 aromatic carbocycles. The normalized spacial score (nSPS) is 27.7. The lowest BCUT2D eigenvalue weighted by Crippen LogP contribution is -2.33. The van der Waals surface area contributed by atoms with Crippen molar-refractivity contribution in [3.63, 3.8) is 0 Å². The van der Waals surface area contributed by atoms with Gasteiger partial charge in [-0.2, -0.15) is 11.8 Å². The first-order valence-corrected chi connectivity index (χ1v) is 9.38. The Morgan fingerprint density at radius 3 is 2.55 bits per heavy atom. The summed E-state index contributed by atoms with van der Waals surface area (Å²) in [5.41, 5.74) is 1.20. The van der Waals surface area contributed by atoms with E-state index in [4.69, 9.17) is 0 Å². The van der Waals surface area contributed by atoms with Crippen molar-refractivity contribution >= 4 is 28.3 Å². The van der Waals surface area contributed by atoms with E-state index in [0.717, 1.165) is 23.3 Å². The molecule has 2 bridgehead atoms.